The molecule has 4 nitrogen and oxygen atoms in total. The molecule has 0 saturated carbocycles. The molecule has 0 aliphatic carbocycles. The van der Waals surface area contributed by atoms with E-state index in [2.05, 4.69) is 28.3 Å². The van der Waals surface area contributed by atoms with Crippen LogP contribution in [0.4, 0.5) is 0 Å². The summed E-state index contributed by atoms with van der Waals surface area (Å²) in [5.74, 6) is 0. The molecule has 0 spiro atoms. The van der Waals surface area contributed by atoms with Gasteiger partial charge in [-0.15, -0.1) is 5.53 Å². The minimum atomic E-state index is 0.817. The Kier molecular flexibility index (Phi) is 1.92. The van der Waals surface area contributed by atoms with E-state index >= 15 is 0 Å². The van der Waals surface area contributed by atoms with E-state index in [0.29, 0.717) is 0 Å². The van der Waals surface area contributed by atoms with Gasteiger partial charge in [0, 0.05) is 0 Å². The van der Waals surface area contributed by atoms with Crippen molar-refractivity contribution in [3.05, 3.63) is 35.9 Å². The molecule has 12 heavy (non-hydrogen) atoms. The van der Waals surface area contributed by atoms with E-state index in [-0.39, 0.29) is 0 Å². The molecule has 2 rings (SSSR count). The van der Waals surface area contributed by atoms with Crippen molar-refractivity contribution < 1.29 is 0 Å². The Morgan fingerprint density at radius 2 is 2.08 bits per heavy atom. The van der Waals surface area contributed by atoms with Gasteiger partial charge < -0.3 is 0 Å². The van der Waals surface area contributed by atoms with E-state index in [1.807, 2.05) is 23.2 Å². The Morgan fingerprint density at radius 1 is 1.25 bits per heavy atom. The first-order valence-electron chi connectivity index (χ1n) is 3.79. The van der Waals surface area contributed by atoms with Gasteiger partial charge in [-0.05, 0) is 5.56 Å². The molecule has 0 unspecified atom stereocenters. The second-order valence-electron chi connectivity index (χ2n) is 2.58. The third kappa shape index (κ3) is 1.54. The van der Waals surface area contributed by atoms with Crippen molar-refractivity contribution in [1.82, 2.24) is 16.1 Å². The van der Waals surface area contributed by atoms with Crippen LogP contribution in [-0.4, -0.2) is 11.3 Å². The van der Waals surface area contributed by atoms with Gasteiger partial charge in [0.05, 0.1) is 6.54 Å². The monoisotopic (exact) mass is 162 g/mol. The molecule has 0 saturated heterocycles. The first-order valence-corrected chi connectivity index (χ1v) is 3.79. The molecule has 0 atom stereocenters. The van der Waals surface area contributed by atoms with Crippen molar-refractivity contribution in [2.45, 2.75) is 6.54 Å². The fraction of sp³-hybridized carbons (Fsp3) is 0.125. The lowest BCUT2D eigenvalue weighted by Crippen LogP contribution is -2.36. The molecule has 0 fully saturated rings. The molecule has 0 aromatic heterocycles. The average Bonchev–Trinajstić information content (AvgIpc) is 2.59. The highest BCUT2D eigenvalue weighted by atomic mass is 15.8. The Morgan fingerprint density at radius 3 is 2.75 bits per heavy atom. The summed E-state index contributed by atoms with van der Waals surface area (Å²) < 4.78 is 0. The van der Waals surface area contributed by atoms with Gasteiger partial charge in [-0.2, -0.15) is 5.10 Å². The topological polar surface area (TPSA) is 39.7 Å². The van der Waals surface area contributed by atoms with Crippen molar-refractivity contribution in [2.75, 3.05) is 0 Å². The summed E-state index contributed by atoms with van der Waals surface area (Å²) in [5, 5.41) is 5.67. The molecule has 0 radical (unpaired) electrons. The van der Waals surface area contributed by atoms with Crippen LogP contribution in [0.3, 0.4) is 0 Å². The van der Waals surface area contributed by atoms with Crippen LogP contribution in [0.2, 0.25) is 0 Å². The normalized spacial score (nSPS) is 14.8. The number of hydrogen-bond acceptors (Lipinski definition) is 4. The molecule has 0 amide bonds. The van der Waals surface area contributed by atoms with Crippen molar-refractivity contribution in [1.29, 1.82) is 0 Å². The molecule has 1 aliphatic heterocycles. The zero-order valence-electron chi connectivity index (χ0n) is 6.57. The summed E-state index contributed by atoms with van der Waals surface area (Å²) >= 11 is 0. The molecule has 2 N–H and O–H groups in total. The van der Waals surface area contributed by atoms with Gasteiger partial charge in [0.1, 0.15) is 6.34 Å². The largest absolute Gasteiger partial charge is 0.273 e. The minimum absolute atomic E-state index is 0.817. The lowest BCUT2D eigenvalue weighted by atomic mass is 10.2. The van der Waals surface area contributed by atoms with Gasteiger partial charge in [0.2, 0.25) is 0 Å². The maximum atomic E-state index is 3.80. The van der Waals surface area contributed by atoms with E-state index < -0.39 is 0 Å². The van der Waals surface area contributed by atoms with Crippen LogP contribution in [0.5, 0.6) is 0 Å². The van der Waals surface area contributed by atoms with Crippen LogP contribution < -0.4 is 11.1 Å². The summed E-state index contributed by atoms with van der Waals surface area (Å²) in [7, 11) is 0. The second-order valence-corrected chi connectivity index (χ2v) is 2.58. The van der Waals surface area contributed by atoms with Gasteiger partial charge in [-0.1, -0.05) is 30.3 Å². The molecule has 1 aromatic carbocycles. The number of hydrogen-bond donors (Lipinski definition) is 2. The first-order chi connectivity index (χ1) is 5.95. The Hall–Kier alpha value is -1.55. The fourth-order valence-electron chi connectivity index (χ4n) is 1.08. The molecule has 1 aliphatic rings. The van der Waals surface area contributed by atoms with Gasteiger partial charge in [-0.25, -0.2) is 5.53 Å². The Balaban J connectivity index is 1.99. The lowest BCUT2D eigenvalue weighted by molar-refractivity contribution is 0.294. The van der Waals surface area contributed by atoms with Crippen LogP contribution in [0, 0.1) is 0 Å². The molecule has 4 heteroatoms. The minimum Gasteiger partial charge on any atom is -0.273 e. The smallest absolute Gasteiger partial charge is 0.128 e. The predicted molar refractivity (Wildman–Crippen MR) is 46.7 cm³/mol. The first kappa shape index (κ1) is 7.12. The highest BCUT2D eigenvalue weighted by molar-refractivity contribution is 5.55. The number of benzene rings is 1. The number of hydrazone groups is 1. The predicted octanol–water partition coefficient (Wildman–Crippen LogP) is 0.455. The van der Waals surface area contributed by atoms with Gasteiger partial charge in [0.15, 0.2) is 0 Å². The van der Waals surface area contributed by atoms with Crippen LogP contribution in [0.25, 0.3) is 0 Å². The second kappa shape index (κ2) is 3.23. The zero-order valence-corrected chi connectivity index (χ0v) is 6.57. The van der Waals surface area contributed by atoms with Gasteiger partial charge in [0.25, 0.3) is 0 Å². The Bertz CT molecular complexity index is 270. The van der Waals surface area contributed by atoms with Gasteiger partial charge >= 0.3 is 0 Å². The summed E-state index contributed by atoms with van der Waals surface area (Å²) in [4.78, 5) is 0. The maximum Gasteiger partial charge on any atom is 0.128 e. The van der Waals surface area contributed by atoms with E-state index in [4.69, 9.17) is 0 Å². The van der Waals surface area contributed by atoms with Crippen LogP contribution >= 0.6 is 0 Å². The molecule has 1 aromatic rings. The standard InChI is InChI=1S/C8H10N4/c1-2-4-8(5-3-1)6-12-7-9-10-11-12/h1-5,7,10-11H,6H2. The van der Waals surface area contributed by atoms with Gasteiger partial charge in [-0.3, -0.25) is 5.01 Å². The third-order valence-corrected chi connectivity index (χ3v) is 1.65. The third-order valence-electron chi connectivity index (χ3n) is 1.65. The lowest BCUT2D eigenvalue weighted by Gasteiger charge is -2.12. The maximum absolute atomic E-state index is 3.80. The van der Waals surface area contributed by atoms with E-state index in [9.17, 15) is 0 Å². The highest BCUT2D eigenvalue weighted by Gasteiger charge is 2.03. The van der Waals surface area contributed by atoms with Crippen LogP contribution in [0.1, 0.15) is 5.56 Å². The van der Waals surface area contributed by atoms with Crippen molar-refractivity contribution >= 4 is 6.34 Å². The zero-order chi connectivity index (χ0) is 8.23. The Labute approximate surface area is 70.8 Å². The van der Waals surface area contributed by atoms with Crippen molar-refractivity contribution in [2.24, 2.45) is 5.10 Å². The summed E-state index contributed by atoms with van der Waals surface area (Å²) in [6, 6.07) is 10.2. The summed E-state index contributed by atoms with van der Waals surface area (Å²) in [6.07, 6.45) is 1.72. The summed E-state index contributed by atoms with van der Waals surface area (Å²) in [5.41, 5.74) is 6.75. The van der Waals surface area contributed by atoms with Crippen molar-refractivity contribution in [3.63, 3.8) is 0 Å². The van der Waals surface area contributed by atoms with Crippen LogP contribution in [0.15, 0.2) is 35.4 Å². The van der Waals surface area contributed by atoms with E-state index in [1.165, 1.54) is 5.56 Å². The molecule has 1 heterocycles. The average molecular weight is 162 g/mol. The number of nitrogens with one attached hydrogen (secondary N) is 2. The molecular weight excluding hydrogens is 152 g/mol. The van der Waals surface area contributed by atoms with E-state index in [0.717, 1.165) is 6.54 Å². The quantitative estimate of drug-likeness (QED) is 0.663. The number of hydrazine groups is 2. The van der Waals surface area contributed by atoms with E-state index in [1.54, 1.807) is 6.34 Å². The molecule has 0 bridgehead atoms. The molecular formula is C8H10N4. The van der Waals surface area contributed by atoms with Crippen LogP contribution in [-0.2, 0) is 6.54 Å². The SMILES string of the molecule is C1=NNNN1Cc1ccccc1. The number of nitrogens with zero attached hydrogens (tertiary/aromatic N) is 2. The molecule has 62 valence electrons. The summed E-state index contributed by atoms with van der Waals surface area (Å²) in [6.45, 7) is 0.817. The highest BCUT2D eigenvalue weighted by Crippen LogP contribution is 2.01. The van der Waals surface area contributed by atoms with Crippen molar-refractivity contribution in [3.8, 4) is 0 Å². The number of rotatable bonds is 2. The fourth-order valence-corrected chi connectivity index (χ4v) is 1.08.